The summed E-state index contributed by atoms with van der Waals surface area (Å²) in [5, 5.41) is 4.79. The minimum absolute atomic E-state index is 0.246. The van der Waals surface area contributed by atoms with E-state index in [2.05, 4.69) is 52.1 Å². The van der Waals surface area contributed by atoms with Crippen LogP contribution in [0, 0.1) is 0 Å². The number of hydrogen-bond donors (Lipinski definition) is 1. The molecule has 4 heteroatoms. The molecule has 1 aliphatic heterocycles. The Kier molecular flexibility index (Phi) is 4.67. The van der Waals surface area contributed by atoms with Crippen molar-refractivity contribution in [2.75, 3.05) is 19.6 Å². The number of likely N-dealkylation sites (tertiary alicyclic amines) is 1. The van der Waals surface area contributed by atoms with E-state index >= 15 is 0 Å². The number of furan rings is 1. The molecule has 0 radical (unpaired) electrons. The zero-order valence-electron chi connectivity index (χ0n) is 12.7. The van der Waals surface area contributed by atoms with E-state index < -0.39 is 0 Å². The molecule has 2 heterocycles. The molecule has 1 saturated heterocycles. The van der Waals surface area contributed by atoms with Crippen LogP contribution in [0.15, 0.2) is 33.2 Å². The molecule has 1 fully saturated rings. The number of rotatable bonds is 5. The lowest BCUT2D eigenvalue weighted by Gasteiger charge is -2.24. The summed E-state index contributed by atoms with van der Waals surface area (Å²) in [7, 11) is 0. The first kappa shape index (κ1) is 15.1. The third-order valence-electron chi connectivity index (χ3n) is 4.49. The van der Waals surface area contributed by atoms with Gasteiger partial charge in [-0.25, -0.2) is 0 Å². The average Bonchev–Trinajstić information content (AvgIpc) is 3.10. The first-order chi connectivity index (χ1) is 10.2. The summed E-state index contributed by atoms with van der Waals surface area (Å²) >= 11 is 3.51. The maximum atomic E-state index is 5.96. The van der Waals surface area contributed by atoms with Gasteiger partial charge >= 0.3 is 0 Å². The van der Waals surface area contributed by atoms with Crippen molar-refractivity contribution in [3.8, 4) is 0 Å². The van der Waals surface area contributed by atoms with Crippen molar-refractivity contribution in [2.45, 2.75) is 38.8 Å². The highest BCUT2D eigenvalue weighted by Crippen LogP contribution is 2.27. The molecular weight excluding hydrogens is 328 g/mol. The standard InChI is InChI=1S/C17H23BrN2O/c1-3-20-8-4-5-15(20)11-19-12(2)17-10-13-9-14(18)6-7-16(13)21-17/h6-7,9-10,12,15,19H,3-5,8,11H2,1-2H3. The number of nitrogens with one attached hydrogen (secondary N) is 1. The molecule has 1 aromatic heterocycles. The summed E-state index contributed by atoms with van der Waals surface area (Å²) in [6.45, 7) is 7.86. The first-order valence-electron chi connectivity index (χ1n) is 7.84. The van der Waals surface area contributed by atoms with Crippen LogP contribution >= 0.6 is 15.9 Å². The van der Waals surface area contributed by atoms with Crippen LogP contribution in [0.3, 0.4) is 0 Å². The predicted molar refractivity (Wildman–Crippen MR) is 90.6 cm³/mol. The van der Waals surface area contributed by atoms with Crippen LogP contribution in [0.5, 0.6) is 0 Å². The van der Waals surface area contributed by atoms with Crippen molar-refractivity contribution in [2.24, 2.45) is 0 Å². The van der Waals surface area contributed by atoms with E-state index in [1.54, 1.807) is 0 Å². The van der Waals surface area contributed by atoms with Gasteiger partial charge in [0.05, 0.1) is 6.04 Å². The Labute approximate surface area is 134 Å². The Hall–Kier alpha value is -0.840. The van der Waals surface area contributed by atoms with Crippen molar-refractivity contribution < 1.29 is 4.42 Å². The molecule has 0 bridgehead atoms. The van der Waals surface area contributed by atoms with Gasteiger partial charge in [0.1, 0.15) is 11.3 Å². The lowest BCUT2D eigenvalue weighted by Crippen LogP contribution is -2.38. The van der Waals surface area contributed by atoms with Crippen LogP contribution in [0.2, 0.25) is 0 Å². The molecule has 2 atom stereocenters. The maximum absolute atomic E-state index is 5.96. The molecule has 2 aromatic rings. The molecule has 0 spiro atoms. The Morgan fingerprint density at radius 1 is 1.43 bits per heavy atom. The minimum atomic E-state index is 0.246. The van der Waals surface area contributed by atoms with Crippen LogP contribution in [0.1, 0.15) is 38.5 Å². The number of hydrogen-bond acceptors (Lipinski definition) is 3. The Bertz CT molecular complexity index is 610. The fraction of sp³-hybridized carbons (Fsp3) is 0.529. The summed E-state index contributed by atoms with van der Waals surface area (Å²) in [4.78, 5) is 2.56. The smallest absolute Gasteiger partial charge is 0.134 e. The zero-order chi connectivity index (χ0) is 14.8. The molecule has 1 aromatic carbocycles. The molecule has 0 amide bonds. The van der Waals surface area contributed by atoms with Crippen molar-refractivity contribution in [1.29, 1.82) is 0 Å². The summed E-state index contributed by atoms with van der Waals surface area (Å²) in [6, 6.07) is 9.21. The van der Waals surface area contributed by atoms with E-state index in [0.29, 0.717) is 6.04 Å². The molecule has 1 aliphatic rings. The molecule has 0 saturated carbocycles. The SMILES string of the molecule is CCN1CCCC1CNC(C)c1cc2cc(Br)ccc2o1. The third-order valence-corrected chi connectivity index (χ3v) is 4.98. The number of fused-ring (bicyclic) bond motifs is 1. The van der Waals surface area contributed by atoms with Gasteiger partial charge in [-0.3, -0.25) is 4.90 Å². The topological polar surface area (TPSA) is 28.4 Å². The van der Waals surface area contributed by atoms with Gasteiger partial charge in [0.15, 0.2) is 0 Å². The number of nitrogens with zero attached hydrogens (tertiary/aromatic N) is 1. The van der Waals surface area contributed by atoms with Crippen molar-refractivity contribution >= 4 is 26.9 Å². The highest BCUT2D eigenvalue weighted by molar-refractivity contribution is 9.10. The maximum Gasteiger partial charge on any atom is 0.134 e. The summed E-state index contributed by atoms with van der Waals surface area (Å²) in [5.74, 6) is 1.02. The second kappa shape index (κ2) is 6.51. The van der Waals surface area contributed by atoms with Crippen molar-refractivity contribution in [3.05, 3.63) is 34.5 Å². The van der Waals surface area contributed by atoms with E-state index in [-0.39, 0.29) is 6.04 Å². The molecule has 1 N–H and O–H groups in total. The van der Waals surface area contributed by atoms with E-state index in [9.17, 15) is 0 Å². The van der Waals surface area contributed by atoms with Crippen LogP contribution in [0.4, 0.5) is 0 Å². The van der Waals surface area contributed by atoms with Crippen molar-refractivity contribution in [3.63, 3.8) is 0 Å². The Morgan fingerprint density at radius 3 is 3.10 bits per heavy atom. The first-order valence-corrected chi connectivity index (χ1v) is 8.63. The van der Waals surface area contributed by atoms with Crippen LogP contribution in [0.25, 0.3) is 11.0 Å². The van der Waals surface area contributed by atoms with Gasteiger partial charge in [-0.2, -0.15) is 0 Å². The lowest BCUT2D eigenvalue weighted by atomic mass is 10.2. The normalized spacial score (nSPS) is 21.2. The molecule has 0 aliphatic carbocycles. The van der Waals surface area contributed by atoms with Gasteiger partial charge in [-0.1, -0.05) is 22.9 Å². The van der Waals surface area contributed by atoms with E-state index in [0.717, 1.165) is 34.3 Å². The molecule has 3 rings (SSSR count). The fourth-order valence-corrected chi connectivity index (χ4v) is 3.58. The molecular formula is C17H23BrN2O. The monoisotopic (exact) mass is 350 g/mol. The van der Waals surface area contributed by atoms with Gasteiger partial charge < -0.3 is 9.73 Å². The minimum Gasteiger partial charge on any atom is -0.459 e. The number of benzene rings is 1. The van der Waals surface area contributed by atoms with Crippen LogP contribution in [-0.4, -0.2) is 30.6 Å². The largest absolute Gasteiger partial charge is 0.459 e. The fourth-order valence-electron chi connectivity index (χ4n) is 3.20. The molecule has 3 nitrogen and oxygen atoms in total. The van der Waals surface area contributed by atoms with Gasteiger partial charge in [-0.15, -0.1) is 0 Å². The van der Waals surface area contributed by atoms with Crippen LogP contribution in [-0.2, 0) is 0 Å². The van der Waals surface area contributed by atoms with E-state index in [1.807, 2.05) is 12.1 Å². The van der Waals surface area contributed by atoms with Gasteiger partial charge in [0.2, 0.25) is 0 Å². The predicted octanol–water partition coefficient (Wildman–Crippen LogP) is 4.33. The average molecular weight is 351 g/mol. The zero-order valence-corrected chi connectivity index (χ0v) is 14.3. The van der Waals surface area contributed by atoms with E-state index in [1.165, 1.54) is 19.4 Å². The van der Waals surface area contributed by atoms with E-state index in [4.69, 9.17) is 4.42 Å². The second-order valence-electron chi connectivity index (χ2n) is 5.89. The number of likely N-dealkylation sites (N-methyl/N-ethyl adjacent to an activating group) is 1. The van der Waals surface area contributed by atoms with Crippen LogP contribution < -0.4 is 5.32 Å². The summed E-state index contributed by atoms with van der Waals surface area (Å²) < 4.78 is 7.05. The molecule has 21 heavy (non-hydrogen) atoms. The van der Waals surface area contributed by atoms with Crippen molar-refractivity contribution in [1.82, 2.24) is 10.2 Å². The Balaban J connectivity index is 1.65. The van der Waals surface area contributed by atoms with Gasteiger partial charge in [-0.05, 0) is 57.1 Å². The highest BCUT2D eigenvalue weighted by Gasteiger charge is 2.23. The number of halogens is 1. The molecule has 2 unspecified atom stereocenters. The lowest BCUT2D eigenvalue weighted by molar-refractivity contribution is 0.252. The van der Waals surface area contributed by atoms with Gasteiger partial charge in [0, 0.05) is 22.4 Å². The summed E-state index contributed by atoms with van der Waals surface area (Å²) in [6.07, 6.45) is 2.63. The third kappa shape index (κ3) is 3.33. The molecule has 114 valence electrons. The highest BCUT2D eigenvalue weighted by atomic mass is 79.9. The quantitative estimate of drug-likeness (QED) is 0.869. The summed E-state index contributed by atoms with van der Waals surface area (Å²) in [5.41, 5.74) is 0.956. The Morgan fingerprint density at radius 2 is 2.29 bits per heavy atom. The van der Waals surface area contributed by atoms with Gasteiger partial charge in [0.25, 0.3) is 0 Å². The second-order valence-corrected chi connectivity index (χ2v) is 6.80.